The molecular formula is C15H15Cl2N. The Bertz CT molecular complexity index is 478. The van der Waals surface area contributed by atoms with Crippen molar-refractivity contribution in [2.75, 3.05) is 0 Å². The molecule has 0 heterocycles. The smallest absolute Gasteiger partial charge is 0.0438 e. The number of benzene rings is 2. The van der Waals surface area contributed by atoms with Gasteiger partial charge in [-0.1, -0.05) is 59.6 Å². The van der Waals surface area contributed by atoms with Gasteiger partial charge in [0, 0.05) is 16.1 Å². The third-order valence-electron chi connectivity index (χ3n) is 2.88. The summed E-state index contributed by atoms with van der Waals surface area (Å²) in [6, 6.07) is 15.6. The minimum atomic E-state index is 0.0183. The fourth-order valence-electron chi connectivity index (χ4n) is 1.96. The van der Waals surface area contributed by atoms with E-state index in [1.54, 1.807) is 0 Å². The molecule has 94 valence electrons. The van der Waals surface area contributed by atoms with Crippen molar-refractivity contribution in [3.63, 3.8) is 0 Å². The van der Waals surface area contributed by atoms with E-state index in [1.807, 2.05) is 48.5 Å². The zero-order valence-corrected chi connectivity index (χ0v) is 11.5. The van der Waals surface area contributed by atoms with Crippen molar-refractivity contribution in [2.24, 2.45) is 5.73 Å². The summed E-state index contributed by atoms with van der Waals surface area (Å²) in [6.45, 7) is 0. The lowest BCUT2D eigenvalue weighted by Crippen LogP contribution is -2.25. The molecule has 2 N–H and O–H groups in total. The summed E-state index contributed by atoms with van der Waals surface area (Å²) >= 11 is 12.2. The van der Waals surface area contributed by atoms with Crippen molar-refractivity contribution in [2.45, 2.75) is 18.9 Å². The Hall–Kier alpha value is -1.02. The highest BCUT2D eigenvalue weighted by Gasteiger charge is 2.09. The second kappa shape index (κ2) is 6.24. The Morgan fingerprint density at radius 2 is 1.17 bits per heavy atom. The summed E-state index contributed by atoms with van der Waals surface area (Å²) in [4.78, 5) is 0. The summed E-state index contributed by atoms with van der Waals surface area (Å²) in [7, 11) is 0. The summed E-state index contributed by atoms with van der Waals surface area (Å²) in [6.07, 6.45) is 1.51. The van der Waals surface area contributed by atoms with Crippen LogP contribution >= 0.6 is 23.2 Å². The molecule has 18 heavy (non-hydrogen) atoms. The van der Waals surface area contributed by atoms with Crippen LogP contribution in [0.1, 0.15) is 11.1 Å². The number of halogens is 2. The van der Waals surface area contributed by atoms with Crippen molar-refractivity contribution in [1.82, 2.24) is 0 Å². The Morgan fingerprint density at radius 3 is 1.56 bits per heavy atom. The van der Waals surface area contributed by atoms with Crippen LogP contribution in [0.5, 0.6) is 0 Å². The monoisotopic (exact) mass is 279 g/mol. The summed E-state index contributed by atoms with van der Waals surface area (Å²) in [5.74, 6) is 0. The Labute approximate surface area is 118 Å². The molecule has 0 atom stereocenters. The highest BCUT2D eigenvalue weighted by Crippen LogP contribution is 2.20. The van der Waals surface area contributed by atoms with E-state index in [-0.39, 0.29) is 6.04 Å². The van der Waals surface area contributed by atoms with Crippen LogP contribution in [-0.4, -0.2) is 6.04 Å². The maximum Gasteiger partial charge on any atom is 0.0438 e. The fraction of sp³-hybridized carbons (Fsp3) is 0.200. The SMILES string of the molecule is NC(Cc1ccccc1Cl)Cc1ccccc1Cl. The quantitative estimate of drug-likeness (QED) is 0.896. The standard InChI is InChI=1S/C15H15Cl2N/c16-14-7-3-1-5-11(14)9-13(18)10-12-6-2-4-8-15(12)17/h1-8,13H,9-10,18H2. The summed E-state index contributed by atoms with van der Waals surface area (Å²) in [5, 5.41) is 1.54. The average Bonchev–Trinajstić information content (AvgIpc) is 2.35. The van der Waals surface area contributed by atoms with Crippen LogP contribution < -0.4 is 5.73 Å². The molecule has 2 aromatic carbocycles. The van der Waals surface area contributed by atoms with Crippen molar-refractivity contribution in [1.29, 1.82) is 0 Å². The van der Waals surface area contributed by atoms with Crippen molar-refractivity contribution in [3.05, 3.63) is 69.7 Å². The molecule has 0 aliphatic carbocycles. The topological polar surface area (TPSA) is 26.0 Å². The lowest BCUT2D eigenvalue weighted by molar-refractivity contribution is 0.665. The van der Waals surface area contributed by atoms with E-state index in [2.05, 4.69) is 0 Å². The molecule has 2 aromatic rings. The van der Waals surface area contributed by atoms with Crippen LogP contribution in [0.25, 0.3) is 0 Å². The molecule has 0 saturated heterocycles. The first-order chi connectivity index (χ1) is 8.66. The van der Waals surface area contributed by atoms with Gasteiger partial charge in [-0.25, -0.2) is 0 Å². The largest absolute Gasteiger partial charge is 0.327 e. The van der Waals surface area contributed by atoms with Gasteiger partial charge in [0.2, 0.25) is 0 Å². The van der Waals surface area contributed by atoms with Gasteiger partial charge in [-0.2, -0.15) is 0 Å². The van der Waals surface area contributed by atoms with Gasteiger partial charge in [0.25, 0.3) is 0 Å². The van der Waals surface area contributed by atoms with Gasteiger partial charge in [0.1, 0.15) is 0 Å². The molecule has 0 saturated carbocycles. The van der Waals surface area contributed by atoms with Crippen molar-refractivity contribution >= 4 is 23.2 Å². The first-order valence-electron chi connectivity index (χ1n) is 5.89. The predicted octanol–water partition coefficient (Wildman–Crippen LogP) is 4.11. The van der Waals surface area contributed by atoms with Crippen LogP contribution in [0, 0.1) is 0 Å². The lowest BCUT2D eigenvalue weighted by atomic mass is 10.00. The van der Waals surface area contributed by atoms with E-state index < -0.39 is 0 Å². The first-order valence-corrected chi connectivity index (χ1v) is 6.65. The van der Waals surface area contributed by atoms with E-state index in [1.165, 1.54) is 0 Å². The highest BCUT2D eigenvalue weighted by molar-refractivity contribution is 6.31. The van der Waals surface area contributed by atoms with E-state index in [0.29, 0.717) is 0 Å². The molecule has 0 amide bonds. The van der Waals surface area contributed by atoms with Crippen LogP contribution in [0.3, 0.4) is 0 Å². The Morgan fingerprint density at radius 1 is 0.778 bits per heavy atom. The summed E-state index contributed by atoms with van der Waals surface area (Å²) in [5.41, 5.74) is 8.32. The lowest BCUT2D eigenvalue weighted by Gasteiger charge is -2.13. The maximum atomic E-state index is 6.16. The van der Waals surface area contributed by atoms with Gasteiger partial charge in [0.05, 0.1) is 0 Å². The molecule has 0 aliphatic rings. The molecule has 0 aromatic heterocycles. The molecule has 0 spiro atoms. The molecule has 0 bridgehead atoms. The van der Waals surface area contributed by atoms with Crippen LogP contribution in [0.4, 0.5) is 0 Å². The van der Waals surface area contributed by atoms with Crippen LogP contribution in [0.2, 0.25) is 10.0 Å². The predicted molar refractivity (Wildman–Crippen MR) is 78.3 cm³/mol. The van der Waals surface area contributed by atoms with Gasteiger partial charge in [-0.3, -0.25) is 0 Å². The highest BCUT2D eigenvalue weighted by atomic mass is 35.5. The maximum absolute atomic E-state index is 6.16. The molecular weight excluding hydrogens is 265 g/mol. The van der Waals surface area contributed by atoms with Gasteiger partial charge in [0.15, 0.2) is 0 Å². The summed E-state index contributed by atoms with van der Waals surface area (Å²) < 4.78 is 0. The number of hydrogen-bond acceptors (Lipinski definition) is 1. The second-order valence-corrected chi connectivity index (χ2v) is 5.17. The fourth-order valence-corrected chi connectivity index (χ4v) is 2.39. The third kappa shape index (κ3) is 3.49. The van der Waals surface area contributed by atoms with E-state index in [4.69, 9.17) is 28.9 Å². The average molecular weight is 280 g/mol. The van der Waals surface area contributed by atoms with E-state index in [9.17, 15) is 0 Å². The molecule has 0 aliphatic heterocycles. The molecule has 0 unspecified atom stereocenters. The number of hydrogen-bond donors (Lipinski definition) is 1. The van der Waals surface area contributed by atoms with Crippen LogP contribution in [0.15, 0.2) is 48.5 Å². The normalized spacial score (nSPS) is 10.9. The second-order valence-electron chi connectivity index (χ2n) is 4.35. The van der Waals surface area contributed by atoms with Gasteiger partial charge >= 0.3 is 0 Å². The molecule has 0 fully saturated rings. The molecule has 1 nitrogen and oxygen atoms in total. The van der Waals surface area contributed by atoms with E-state index in [0.717, 1.165) is 34.0 Å². The van der Waals surface area contributed by atoms with Crippen LogP contribution in [-0.2, 0) is 12.8 Å². The Balaban J connectivity index is 2.04. The number of rotatable bonds is 4. The minimum Gasteiger partial charge on any atom is -0.327 e. The molecule has 3 heteroatoms. The van der Waals surface area contributed by atoms with Crippen molar-refractivity contribution in [3.8, 4) is 0 Å². The van der Waals surface area contributed by atoms with Gasteiger partial charge in [-0.15, -0.1) is 0 Å². The zero-order valence-electron chi connectivity index (χ0n) is 9.94. The van der Waals surface area contributed by atoms with Gasteiger partial charge < -0.3 is 5.73 Å². The van der Waals surface area contributed by atoms with Crippen molar-refractivity contribution < 1.29 is 0 Å². The minimum absolute atomic E-state index is 0.0183. The Kier molecular flexibility index (Phi) is 4.65. The first kappa shape index (κ1) is 13.4. The molecule has 2 rings (SSSR count). The van der Waals surface area contributed by atoms with Gasteiger partial charge in [-0.05, 0) is 36.1 Å². The molecule has 0 radical (unpaired) electrons. The third-order valence-corrected chi connectivity index (χ3v) is 3.62. The zero-order chi connectivity index (χ0) is 13.0. The van der Waals surface area contributed by atoms with E-state index >= 15 is 0 Å². The number of nitrogens with two attached hydrogens (primary N) is 1.